The molecule has 1 rings (SSSR count). The molecule has 1 aromatic rings. The predicted molar refractivity (Wildman–Crippen MR) is 40.1 cm³/mol. The fraction of sp³-hybridized carbons (Fsp3) is 0. The summed E-state index contributed by atoms with van der Waals surface area (Å²) in [5, 5.41) is 0. The molecule has 0 spiro atoms. The van der Waals surface area contributed by atoms with Gasteiger partial charge >= 0.3 is 0 Å². The number of imidazole rings is 1. The molecule has 0 fully saturated rings. The average Bonchev–Trinajstić information content (AvgIpc) is 2.37. The van der Waals surface area contributed by atoms with Crippen LogP contribution in [0.25, 0.3) is 0 Å². The number of nitrogens with one attached hydrogen (secondary N) is 2. The highest BCUT2D eigenvalue weighted by Gasteiger charge is 2.01. The molecule has 0 bridgehead atoms. The number of carbonyl (C=O) groups excluding carboxylic acids is 1. The van der Waals surface area contributed by atoms with E-state index in [1.165, 1.54) is 12.5 Å². The molecule has 2 N–H and O–H groups in total. The molecule has 0 unspecified atom stereocenters. The van der Waals surface area contributed by atoms with Crippen LogP contribution >= 0.6 is 22.9 Å². The SMILES string of the molecule is O=C(NI)c1cnc[nH]1. The van der Waals surface area contributed by atoms with Gasteiger partial charge in [0.2, 0.25) is 0 Å². The largest absolute Gasteiger partial charge is 0.341 e. The molecule has 0 saturated carbocycles. The van der Waals surface area contributed by atoms with E-state index in [0.717, 1.165) is 0 Å². The van der Waals surface area contributed by atoms with Crippen LogP contribution < -0.4 is 3.53 Å². The lowest BCUT2D eigenvalue weighted by Gasteiger charge is -1.88. The van der Waals surface area contributed by atoms with Gasteiger partial charge < -0.3 is 4.98 Å². The van der Waals surface area contributed by atoms with Gasteiger partial charge in [0.25, 0.3) is 5.91 Å². The summed E-state index contributed by atoms with van der Waals surface area (Å²) in [6.45, 7) is 0. The van der Waals surface area contributed by atoms with Gasteiger partial charge in [-0.2, -0.15) is 0 Å². The van der Waals surface area contributed by atoms with E-state index in [1.807, 2.05) is 0 Å². The lowest BCUT2D eigenvalue weighted by Crippen LogP contribution is -2.11. The lowest BCUT2D eigenvalue weighted by atomic mass is 10.5. The van der Waals surface area contributed by atoms with Crippen molar-refractivity contribution in [3.8, 4) is 0 Å². The van der Waals surface area contributed by atoms with Crippen molar-refractivity contribution in [1.82, 2.24) is 13.5 Å². The van der Waals surface area contributed by atoms with Crippen molar-refractivity contribution in [2.24, 2.45) is 0 Å². The molecular weight excluding hydrogens is 233 g/mol. The van der Waals surface area contributed by atoms with E-state index in [2.05, 4.69) is 13.5 Å². The van der Waals surface area contributed by atoms with E-state index in [4.69, 9.17) is 0 Å². The van der Waals surface area contributed by atoms with Crippen LogP contribution in [0.1, 0.15) is 10.5 Å². The Labute approximate surface area is 65.6 Å². The smallest absolute Gasteiger partial charge is 0.277 e. The van der Waals surface area contributed by atoms with Crippen LogP contribution in [-0.2, 0) is 0 Å². The van der Waals surface area contributed by atoms with Gasteiger partial charge in [0, 0.05) is 0 Å². The summed E-state index contributed by atoms with van der Waals surface area (Å²) < 4.78 is 2.43. The average molecular weight is 237 g/mol. The van der Waals surface area contributed by atoms with Gasteiger partial charge in [0.1, 0.15) is 5.69 Å². The minimum Gasteiger partial charge on any atom is -0.341 e. The maximum Gasteiger partial charge on any atom is 0.277 e. The second-order valence-electron chi connectivity index (χ2n) is 1.39. The molecular formula is C4H4IN3O. The number of halogens is 1. The first-order valence-electron chi connectivity index (χ1n) is 2.24. The van der Waals surface area contributed by atoms with E-state index < -0.39 is 0 Å². The first kappa shape index (κ1) is 6.53. The van der Waals surface area contributed by atoms with E-state index in [9.17, 15) is 4.79 Å². The Bertz CT molecular complexity index is 196. The van der Waals surface area contributed by atoms with Crippen LogP contribution in [0.3, 0.4) is 0 Å². The highest BCUT2D eigenvalue weighted by Crippen LogP contribution is 1.90. The summed E-state index contributed by atoms with van der Waals surface area (Å²) in [6, 6.07) is 0. The van der Waals surface area contributed by atoms with Crippen LogP contribution in [0.2, 0.25) is 0 Å². The zero-order valence-electron chi connectivity index (χ0n) is 4.39. The highest BCUT2D eigenvalue weighted by molar-refractivity contribution is 14.1. The topological polar surface area (TPSA) is 57.8 Å². The summed E-state index contributed by atoms with van der Waals surface area (Å²) in [6.07, 6.45) is 2.93. The van der Waals surface area contributed by atoms with Gasteiger partial charge in [0.15, 0.2) is 0 Å². The number of hydrogen-bond acceptors (Lipinski definition) is 2. The zero-order chi connectivity index (χ0) is 6.69. The molecule has 0 atom stereocenters. The number of rotatable bonds is 1. The third-order valence-corrected chi connectivity index (χ3v) is 1.32. The molecule has 0 aliphatic heterocycles. The van der Waals surface area contributed by atoms with Gasteiger partial charge in [0.05, 0.1) is 35.4 Å². The molecule has 0 aromatic carbocycles. The fourth-order valence-electron chi connectivity index (χ4n) is 0.431. The number of hydrogen-bond donors (Lipinski definition) is 2. The second kappa shape index (κ2) is 2.81. The van der Waals surface area contributed by atoms with E-state index in [-0.39, 0.29) is 5.91 Å². The molecule has 0 saturated heterocycles. The molecule has 0 radical (unpaired) electrons. The maximum absolute atomic E-state index is 10.7. The van der Waals surface area contributed by atoms with Crippen molar-refractivity contribution in [2.75, 3.05) is 0 Å². The van der Waals surface area contributed by atoms with Gasteiger partial charge in [-0.25, -0.2) is 4.98 Å². The van der Waals surface area contributed by atoms with Gasteiger partial charge in [-0.1, -0.05) is 0 Å². The number of carbonyl (C=O) groups is 1. The van der Waals surface area contributed by atoms with Gasteiger partial charge in [-0.15, -0.1) is 0 Å². The Morgan fingerprint density at radius 2 is 2.67 bits per heavy atom. The molecule has 5 heteroatoms. The van der Waals surface area contributed by atoms with Crippen molar-refractivity contribution < 1.29 is 4.79 Å². The van der Waals surface area contributed by atoms with E-state index in [1.54, 1.807) is 22.9 Å². The van der Waals surface area contributed by atoms with Crippen molar-refractivity contribution >= 4 is 28.8 Å². The summed E-state index contributed by atoms with van der Waals surface area (Å²) in [4.78, 5) is 17.0. The molecule has 1 aromatic heterocycles. The molecule has 9 heavy (non-hydrogen) atoms. The van der Waals surface area contributed by atoms with Crippen LogP contribution in [0.5, 0.6) is 0 Å². The number of amides is 1. The minimum absolute atomic E-state index is 0.159. The standard InChI is InChI=1S/C4H4IN3O/c5-8-4(9)3-1-6-2-7-3/h1-2H,(H,6,7)(H,8,9). The molecule has 1 amide bonds. The van der Waals surface area contributed by atoms with Crippen LogP contribution in [0, 0.1) is 0 Å². The summed E-state index contributed by atoms with van der Waals surface area (Å²) >= 11 is 1.77. The third-order valence-electron chi connectivity index (χ3n) is 0.829. The van der Waals surface area contributed by atoms with Crippen LogP contribution in [-0.4, -0.2) is 15.9 Å². The molecule has 0 aliphatic carbocycles. The first-order chi connectivity index (χ1) is 4.34. The Morgan fingerprint density at radius 1 is 1.89 bits per heavy atom. The Kier molecular flexibility index (Phi) is 2.04. The normalized spacial score (nSPS) is 9.00. The number of H-pyrrole nitrogens is 1. The fourth-order valence-corrected chi connectivity index (χ4v) is 0.722. The third kappa shape index (κ3) is 1.41. The Hall–Kier alpha value is -0.590. The van der Waals surface area contributed by atoms with Crippen molar-refractivity contribution in [3.05, 3.63) is 18.2 Å². The summed E-state index contributed by atoms with van der Waals surface area (Å²) in [7, 11) is 0. The predicted octanol–water partition coefficient (Wildman–Crippen LogP) is 0.489. The minimum atomic E-state index is -0.159. The van der Waals surface area contributed by atoms with Crippen molar-refractivity contribution in [1.29, 1.82) is 0 Å². The highest BCUT2D eigenvalue weighted by atomic mass is 127. The maximum atomic E-state index is 10.7. The monoisotopic (exact) mass is 237 g/mol. The van der Waals surface area contributed by atoms with Gasteiger partial charge in [-0.3, -0.25) is 8.32 Å². The van der Waals surface area contributed by atoms with Crippen molar-refractivity contribution in [2.45, 2.75) is 0 Å². The summed E-state index contributed by atoms with van der Waals surface area (Å²) in [5.74, 6) is -0.159. The second-order valence-corrected chi connectivity index (χ2v) is 1.93. The van der Waals surface area contributed by atoms with E-state index >= 15 is 0 Å². The quantitative estimate of drug-likeness (QED) is 0.551. The summed E-state index contributed by atoms with van der Waals surface area (Å²) in [5.41, 5.74) is 0.476. The molecule has 1 heterocycles. The lowest BCUT2D eigenvalue weighted by molar-refractivity contribution is 0.0985. The van der Waals surface area contributed by atoms with Crippen LogP contribution in [0.4, 0.5) is 0 Å². The zero-order valence-corrected chi connectivity index (χ0v) is 6.55. The number of aromatic nitrogens is 2. The number of aromatic amines is 1. The Balaban J connectivity index is 2.77. The number of nitrogens with zero attached hydrogens (tertiary/aromatic N) is 1. The first-order valence-corrected chi connectivity index (χ1v) is 3.32. The van der Waals surface area contributed by atoms with Crippen molar-refractivity contribution in [3.63, 3.8) is 0 Å². The van der Waals surface area contributed by atoms with Gasteiger partial charge in [-0.05, 0) is 0 Å². The van der Waals surface area contributed by atoms with E-state index in [0.29, 0.717) is 5.69 Å². The van der Waals surface area contributed by atoms with Crippen LogP contribution in [0.15, 0.2) is 12.5 Å². The Morgan fingerprint density at radius 3 is 3.11 bits per heavy atom. The molecule has 48 valence electrons. The molecule has 4 nitrogen and oxygen atoms in total. The molecule has 0 aliphatic rings.